The second kappa shape index (κ2) is 11.4. The van der Waals surface area contributed by atoms with Crippen molar-refractivity contribution in [2.24, 2.45) is 0 Å². The number of carbonyl (C=O) groups excluding carboxylic acids is 1. The van der Waals surface area contributed by atoms with Crippen LogP contribution >= 0.6 is 11.6 Å². The van der Waals surface area contributed by atoms with Gasteiger partial charge < -0.3 is 14.6 Å². The van der Waals surface area contributed by atoms with Crippen LogP contribution in [0.3, 0.4) is 0 Å². The number of benzene rings is 3. The molecule has 0 atom stereocenters. The number of halogens is 2. The third-order valence-electron chi connectivity index (χ3n) is 5.92. The van der Waals surface area contributed by atoms with Gasteiger partial charge in [-0.05, 0) is 74.2 Å². The Bertz CT molecular complexity index is 1310. The highest BCUT2D eigenvalue weighted by Gasteiger charge is 2.12. The lowest BCUT2D eigenvalue weighted by molar-refractivity contribution is 0.0949. The molecule has 0 radical (unpaired) electrons. The summed E-state index contributed by atoms with van der Waals surface area (Å²) in [5, 5.41) is 3.58. The van der Waals surface area contributed by atoms with Crippen LogP contribution in [0.5, 0.6) is 5.75 Å². The fourth-order valence-electron chi connectivity index (χ4n) is 4.16. The van der Waals surface area contributed by atoms with E-state index < -0.39 is 11.7 Å². The minimum absolute atomic E-state index is 0.0609. The zero-order chi connectivity index (χ0) is 24.8. The standard InChI is InChI=1S/C28H29ClFN3O2/c1-19-17-21(18-20(2)27(19)29)35-16-8-15-33-25-12-6-5-11-24(25)32-26(33)13-7-14-31-28(34)22-9-3-4-10-23(22)30/h3-6,9-12,17-18H,7-8,13-16H2,1-2H3,(H,31,34). The highest BCUT2D eigenvalue weighted by molar-refractivity contribution is 6.32. The lowest BCUT2D eigenvalue weighted by atomic mass is 10.1. The fraction of sp³-hybridized carbons (Fsp3) is 0.286. The summed E-state index contributed by atoms with van der Waals surface area (Å²) in [6.45, 7) is 5.73. The number of carbonyl (C=O) groups is 1. The van der Waals surface area contributed by atoms with E-state index >= 15 is 0 Å². The number of para-hydroxylation sites is 2. The third-order valence-corrected chi connectivity index (χ3v) is 6.52. The van der Waals surface area contributed by atoms with Gasteiger partial charge in [-0.15, -0.1) is 0 Å². The van der Waals surface area contributed by atoms with Gasteiger partial charge in [0.2, 0.25) is 0 Å². The zero-order valence-electron chi connectivity index (χ0n) is 20.0. The van der Waals surface area contributed by atoms with Gasteiger partial charge in [-0.3, -0.25) is 4.79 Å². The molecule has 0 saturated heterocycles. The Morgan fingerprint density at radius 2 is 1.77 bits per heavy atom. The molecular formula is C28H29ClFN3O2. The Kier molecular flexibility index (Phi) is 8.03. The van der Waals surface area contributed by atoms with E-state index in [0.29, 0.717) is 26.0 Å². The number of hydrogen-bond donors (Lipinski definition) is 1. The van der Waals surface area contributed by atoms with Gasteiger partial charge in [0.25, 0.3) is 5.91 Å². The van der Waals surface area contributed by atoms with E-state index in [-0.39, 0.29) is 5.56 Å². The quantitative estimate of drug-likeness (QED) is 0.265. The Morgan fingerprint density at radius 3 is 2.54 bits per heavy atom. The van der Waals surface area contributed by atoms with E-state index in [2.05, 4.69) is 16.0 Å². The molecule has 4 aromatic rings. The van der Waals surface area contributed by atoms with Crippen molar-refractivity contribution in [2.45, 2.75) is 39.7 Å². The molecule has 0 aliphatic rings. The van der Waals surface area contributed by atoms with E-state index in [1.165, 1.54) is 12.1 Å². The number of aryl methyl sites for hydroxylation is 4. The van der Waals surface area contributed by atoms with Crippen molar-refractivity contribution in [1.82, 2.24) is 14.9 Å². The normalized spacial score (nSPS) is 11.1. The lowest BCUT2D eigenvalue weighted by Gasteiger charge is -2.12. The van der Waals surface area contributed by atoms with Crippen molar-refractivity contribution in [3.63, 3.8) is 0 Å². The van der Waals surface area contributed by atoms with Gasteiger partial charge in [0.15, 0.2) is 0 Å². The monoisotopic (exact) mass is 493 g/mol. The van der Waals surface area contributed by atoms with Crippen molar-refractivity contribution in [1.29, 1.82) is 0 Å². The predicted molar refractivity (Wildman–Crippen MR) is 138 cm³/mol. The largest absolute Gasteiger partial charge is 0.494 e. The Morgan fingerprint density at radius 1 is 1.06 bits per heavy atom. The number of hydrogen-bond acceptors (Lipinski definition) is 3. The minimum atomic E-state index is -0.516. The summed E-state index contributed by atoms with van der Waals surface area (Å²) in [6, 6.07) is 18.0. The van der Waals surface area contributed by atoms with Crippen LogP contribution < -0.4 is 10.1 Å². The molecule has 1 amide bonds. The topological polar surface area (TPSA) is 56.1 Å². The predicted octanol–water partition coefficient (Wildman–Crippen LogP) is 6.28. The number of nitrogens with zero attached hydrogens (tertiary/aromatic N) is 2. The Balaban J connectivity index is 1.34. The summed E-state index contributed by atoms with van der Waals surface area (Å²) in [5.41, 5.74) is 4.10. The number of nitrogens with one attached hydrogen (secondary N) is 1. The molecule has 0 bridgehead atoms. The highest BCUT2D eigenvalue weighted by Crippen LogP contribution is 2.26. The van der Waals surface area contributed by atoms with Crippen LogP contribution in [-0.4, -0.2) is 28.6 Å². The van der Waals surface area contributed by atoms with Crippen LogP contribution in [0.2, 0.25) is 5.02 Å². The van der Waals surface area contributed by atoms with Gasteiger partial charge in [0.05, 0.1) is 23.2 Å². The maximum atomic E-state index is 13.8. The average molecular weight is 494 g/mol. The lowest BCUT2D eigenvalue weighted by Crippen LogP contribution is -2.25. The number of imidazole rings is 1. The molecule has 1 aromatic heterocycles. The second-order valence-electron chi connectivity index (χ2n) is 8.58. The van der Waals surface area contributed by atoms with Gasteiger partial charge in [0, 0.05) is 24.5 Å². The third kappa shape index (κ3) is 6.01. The smallest absolute Gasteiger partial charge is 0.254 e. The van der Waals surface area contributed by atoms with Crippen molar-refractivity contribution in [3.8, 4) is 5.75 Å². The van der Waals surface area contributed by atoms with Gasteiger partial charge in [-0.1, -0.05) is 35.9 Å². The first-order valence-electron chi connectivity index (χ1n) is 11.8. The molecule has 4 rings (SSSR count). The molecule has 0 unspecified atom stereocenters. The number of amides is 1. The van der Waals surface area contributed by atoms with E-state index in [4.69, 9.17) is 21.3 Å². The fourth-order valence-corrected chi connectivity index (χ4v) is 4.27. The zero-order valence-corrected chi connectivity index (χ0v) is 20.7. The molecule has 3 aromatic carbocycles. The molecular weight excluding hydrogens is 465 g/mol. The highest BCUT2D eigenvalue weighted by atomic mass is 35.5. The van der Waals surface area contributed by atoms with E-state index in [9.17, 15) is 9.18 Å². The first kappa shape index (κ1) is 24.7. The van der Waals surface area contributed by atoms with Crippen molar-refractivity contribution < 1.29 is 13.9 Å². The Labute approximate surface area is 209 Å². The molecule has 7 heteroatoms. The van der Waals surface area contributed by atoms with Gasteiger partial charge in [-0.2, -0.15) is 0 Å². The minimum Gasteiger partial charge on any atom is -0.494 e. The van der Waals surface area contributed by atoms with E-state index in [1.807, 2.05) is 44.2 Å². The van der Waals surface area contributed by atoms with E-state index in [0.717, 1.165) is 51.7 Å². The van der Waals surface area contributed by atoms with Crippen LogP contribution in [0.4, 0.5) is 4.39 Å². The van der Waals surface area contributed by atoms with Gasteiger partial charge in [0.1, 0.15) is 17.4 Å². The summed E-state index contributed by atoms with van der Waals surface area (Å²) < 4.78 is 22.0. The first-order chi connectivity index (χ1) is 16.9. The molecule has 0 fully saturated rings. The van der Waals surface area contributed by atoms with E-state index in [1.54, 1.807) is 12.1 Å². The van der Waals surface area contributed by atoms with Crippen LogP contribution in [-0.2, 0) is 13.0 Å². The van der Waals surface area contributed by atoms with Crippen LogP contribution in [0.25, 0.3) is 11.0 Å². The molecule has 1 heterocycles. The number of fused-ring (bicyclic) bond motifs is 1. The van der Waals surface area contributed by atoms with Gasteiger partial charge in [-0.25, -0.2) is 9.37 Å². The number of ether oxygens (including phenoxy) is 1. The summed E-state index contributed by atoms with van der Waals surface area (Å²) in [4.78, 5) is 17.0. The van der Waals surface area contributed by atoms with Gasteiger partial charge >= 0.3 is 0 Å². The molecule has 0 spiro atoms. The SMILES string of the molecule is Cc1cc(OCCCn2c(CCCNC(=O)c3ccccc3F)nc3ccccc32)cc(C)c1Cl. The average Bonchev–Trinajstić information content (AvgIpc) is 3.20. The van der Waals surface area contributed by atoms with Crippen LogP contribution in [0.15, 0.2) is 60.7 Å². The van der Waals surface area contributed by atoms with Crippen molar-refractivity contribution >= 4 is 28.5 Å². The van der Waals surface area contributed by atoms with Crippen LogP contribution in [0.1, 0.15) is 40.2 Å². The molecule has 0 aliphatic carbocycles. The molecule has 1 N–H and O–H groups in total. The Hall–Kier alpha value is -3.38. The number of aromatic nitrogens is 2. The molecule has 182 valence electrons. The number of rotatable bonds is 10. The molecule has 5 nitrogen and oxygen atoms in total. The summed E-state index contributed by atoms with van der Waals surface area (Å²) in [5.74, 6) is 0.870. The summed E-state index contributed by atoms with van der Waals surface area (Å²) >= 11 is 6.25. The maximum Gasteiger partial charge on any atom is 0.254 e. The van der Waals surface area contributed by atoms with Crippen molar-refractivity contribution in [2.75, 3.05) is 13.2 Å². The summed E-state index contributed by atoms with van der Waals surface area (Å²) in [6.07, 6.45) is 2.21. The first-order valence-corrected chi connectivity index (χ1v) is 12.2. The second-order valence-corrected chi connectivity index (χ2v) is 8.96. The molecule has 0 saturated carbocycles. The molecule has 0 aliphatic heterocycles. The van der Waals surface area contributed by atoms with Crippen LogP contribution in [0, 0.1) is 19.7 Å². The van der Waals surface area contributed by atoms with Crippen molar-refractivity contribution in [3.05, 3.63) is 94.0 Å². The molecule has 35 heavy (non-hydrogen) atoms. The maximum absolute atomic E-state index is 13.8. The summed E-state index contributed by atoms with van der Waals surface area (Å²) in [7, 11) is 0.